The highest BCUT2D eigenvalue weighted by Gasteiger charge is 2.45. The number of hydrogen-bond acceptors (Lipinski definition) is 4. The van der Waals surface area contributed by atoms with Gasteiger partial charge in [-0.25, -0.2) is 0 Å². The highest BCUT2D eigenvalue weighted by Crippen LogP contribution is 2.48. The van der Waals surface area contributed by atoms with Gasteiger partial charge in [0.1, 0.15) is 0 Å². The van der Waals surface area contributed by atoms with E-state index in [2.05, 4.69) is 59.7 Å². The Hall–Kier alpha value is -0.650. The first-order valence-electron chi connectivity index (χ1n) is 11.3. The third-order valence-electron chi connectivity index (χ3n) is 6.92. The van der Waals surface area contributed by atoms with Crippen molar-refractivity contribution < 1.29 is 4.74 Å². The number of halogens is 1. The minimum atomic E-state index is 0. The van der Waals surface area contributed by atoms with Crippen LogP contribution in [0.3, 0.4) is 0 Å². The van der Waals surface area contributed by atoms with E-state index >= 15 is 0 Å². The Labute approximate surface area is 184 Å². The smallest absolute Gasteiger partial charge is 0.0594 e. The van der Waals surface area contributed by atoms with Gasteiger partial charge in [-0.1, -0.05) is 43.7 Å². The molecule has 3 aliphatic rings. The Bertz CT molecular complexity index is 630. The normalized spacial score (nSPS) is 23.6. The number of piperazine rings is 1. The molecule has 0 atom stereocenters. The maximum absolute atomic E-state index is 5.50. The molecule has 0 amide bonds. The number of hydrogen-bond donors (Lipinski definition) is 0. The van der Waals surface area contributed by atoms with Crippen LogP contribution in [0.2, 0.25) is 0 Å². The second kappa shape index (κ2) is 9.65. The lowest BCUT2D eigenvalue weighted by Crippen LogP contribution is -2.52. The lowest BCUT2D eigenvalue weighted by Gasteiger charge is -2.42. The molecule has 1 aliphatic carbocycles. The third-order valence-corrected chi connectivity index (χ3v) is 6.92. The van der Waals surface area contributed by atoms with Crippen LogP contribution in [0, 0.1) is 12.3 Å². The van der Waals surface area contributed by atoms with E-state index in [1.54, 1.807) is 5.56 Å². The Morgan fingerprint density at radius 3 is 1.90 bits per heavy atom. The first-order chi connectivity index (χ1) is 13.4. The van der Waals surface area contributed by atoms with Crippen LogP contribution >= 0.6 is 12.4 Å². The average Bonchev–Trinajstić information content (AvgIpc) is 3.45. The molecule has 4 rings (SSSR count). The highest BCUT2D eigenvalue weighted by atomic mass is 35.5. The molecule has 0 N–H and O–H groups in total. The second-order valence-corrected chi connectivity index (χ2v) is 10.3. The molecule has 3 fully saturated rings. The van der Waals surface area contributed by atoms with Gasteiger partial charge in [-0.2, -0.15) is 0 Å². The van der Waals surface area contributed by atoms with E-state index in [1.807, 2.05) is 0 Å². The van der Waals surface area contributed by atoms with Gasteiger partial charge in [0.05, 0.1) is 13.2 Å². The standard InChI is InChI=1S/C24H39N3O.ClH/c1-21-4-6-22(7-5-21)24(8-9-24)20-26-12-10-25(11-13-26)18-23(2,3)19-27-14-16-28-17-15-27;/h4-7H,8-20H2,1-3H3;1H. The Morgan fingerprint density at radius 2 is 1.34 bits per heavy atom. The van der Waals surface area contributed by atoms with E-state index in [-0.39, 0.29) is 12.4 Å². The van der Waals surface area contributed by atoms with Crippen LogP contribution in [0.25, 0.3) is 0 Å². The fraction of sp³-hybridized carbons (Fsp3) is 0.750. The molecule has 5 heteroatoms. The Kier molecular flexibility index (Phi) is 7.66. The topological polar surface area (TPSA) is 19.0 Å². The van der Waals surface area contributed by atoms with Gasteiger partial charge in [-0.05, 0) is 30.7 Å². The van der Waals surface area contributed by atoms with Gasteiger partial charge in [0, 0.05) is 64.3 Å². The van der Waals surface area contributed by atoms with Crippen molar-refractivity contribution in [2.45, 2.75) is 39.0 Å². The van der Waals surface area contributed by atoms with Gasteiger partial charge in [0.25, 0.3) is 0 Å². The highest BCUT2D eigenvalue weighted by molar-refractivity contribution is 5.85. The van der Waals surface area contributed by atoms with Crippen molar-refractivity contribution in [3.63, 3.8) is 0 Å². The van der Waals surface area contributed by atoms with Crippen molar-refractivity contribution in [1.82, 2.24) is 14.7 Å². The van der Waals surface area contributed by atoms with Crippen molar-refractivity contribution in [3.8, 4) is 0 Å². The number of aryl methyl sites for hydroxylation is 1. The zero-order valence-electron chi connectivity index (χ0n) is 18.7. The van der Waals surface area contributed by atoms with Crippen molar-refractivity contribution in [2.75, 3.05) is 72.1 Å². The summed E-state index contributed by atoms with van der Waals surface area (Å²) in [5, 5.41) is 0. The van der Waals surface area contributed by atoms with Crippen LogP contribution in [0.1, 0.15) is 37.8 Å². The summed E-state index contributed by atoms with van der Waals surface area (Å²) in [6, 6.07) is 9.30. The summed E-state index contributed by atoms with van der Waals surface area (Å²) in [5.74, 6) is 0. The van der Waals surface area contributed by atoms with Crippen LogP contribution < -0.4 is 0 Å². The molecule has 0 bridgehead atoms. The minimum absolute atomic E-state index is 0. The molecule has 0 spiro atoms. The molecule has 2 heterocycles. The third kappa shape index (κ3) is 6.18. The summed E-state index contributed by atoms with van der Waals surface area (Å²) in [6.45, 7) is 19.6. The zero-order valence-corrected chi connectivity index (χ0v) is 19.5. The van der Waals surface area contributed by atoms with E-state index in [1.165, 1.54) is 64.2 Å². The van der Waals surface area contributed by atoms with Crippen LogP contribution in [-0.2, 0) is 10.2 Å². The van der Waals surface area contributed by atoms with Crippen molar-refractivity contribution in [2.24, 2.45) is 5.41 Å². The summed E-state index contributed by atoms with van der Waals surface area (Å²) < 4.78 is 5.50. The summed E-state index contributed by atoms with van der Waals surface area (Å²) in [4.78, 5) is 8.00. The lowest BCUT2D eigenvalue weighted by molar-refractivity contribution is 0.0107. The van der Waals surface area contributed by atoms with Gasteiger partial charge in [-0.3, -0.25) is 9.80 Å². The molecule has 29 heavy (non-hydrogen) atoms. The molecule has 164 valence electrons. The second-order valence-electron chi connectivity index (χ2n) is 10.3. The van der Waals surface area contributed by atoms with E-state index < -0.39 is 0 Å². The maximum atomic E-state index is 5.50. The summed E-state index contributed by atoms with van der Waals surface area (Å²) >= 11 is 0. The fourth-order valence-corrected chi connectivity index (χ4v) is 5.15. The largest absolute Gasteiger partial charge is 0.379 e. The minimum Gasteiger partial charge on any atom is -0.379 e. The average molecular weight is 422 g/mol. The number of nitrogens with zero attached hydrogens (tertiary/aromatic N) is 3. The van der Waals surface area contributed by atoms with Crippen LogP contribution in [0.15, 0.2) is 24.3 Å². The van der Waals surface area contributed by atoms with Gasteiger partial charge in [0.2, 0.25) is 0 Å². The van der Waals surface area contributed by atoms with E-state index in [0.29, 0.717) is 10.8 Å². The molecule has 1 aromatic carbocycles. The molecule has 0 radical (unpaired) electrons. The number of morpholine rings is 1. The maximum Gasteiger partial charge on any atom is 0.0594 e. The summed E-state index contributed by atoms with van der Waals surface area (Å²) in [5.41, 5.74) is 3.73. The van der Waals surface area contributed by atoms with Gasteiger partial charge in [-0.15, -0.1) is 12.4 Å². The SMILES string of the molecule is Cc1ccc(C2(CN3CCN(CC(C)(C)CN4CCOCC4)CC3)CC2)cc1.Cl. The van der Waals surface area contributed by atoms with Crippen molar-refractivity contribution >= 4 is 12.4 Å². The lowest BCUT2D eigenvalue weighted by atomic mass is 9.91. The zero-order chi connectivity index (χ0) is 19.6. The molecule has 0 unspecified atom stereocenters. The van der Waals surface area contributed by atoms with Gasteiger partial charge in [0.15, 0.2) is 0 Å². The van der Waals surface area contributed by atoms with E-state index in [4.69, 9.17) is 4.74 Å². The molecule has 4 nitrogen and oxygen atoms in total. The summed E-state index contributed by atoms with van der Waals surface area (Å²) in [7, 11) is 0. The molecule has 1 saturated carbocycles. The summed E-state index contributed by atoms with van der Waals surface area (Å²) in [6.07, 6.45) is 2.73. The predicted molar refractivity (Wildman–Crippen MR) is 123 cm³/mol. The molecular formula is C24H40ClN3O. The van der Waals surface area contributed by atoms with E-state index in [0.717, 1.165) is 26.3 Å². The fourth-order valence-electron chi connectivity index (χ4n) is 5.15. The number of benzene rings is 1. The predicted octanol–water partition coefficient (Wildman–Crippen LogP) is 3.42. The Balaban J connectivity index is 0.00000240. The van der Waals surface area contributed by atoms with Crippen LogP contribution in [-0.4, -0.2) is 86.8 Å². The molecule has 2 saturated heterocycles. The van der Waals surface area contributed by atoms with Crippen LogP contribution in [0.4, 0.5) is 0 Å². The Morgan fingerprint density at radius 1 is 0.828 bits per heavy atom. The monoisotopic (exact) mass is 421 g/mol. The molecule has 0 aromatic heterocycles. The quantitative estimate of drug-likeness (QED) is 0.671. The number of rotatable bonds is 7. The first-order valence-corrected chi connectivity index (χ1v) is 11.3. The van der Waals surface area contributed by atoms with Gasteiger partial charge >= 0.3 is 0 Å². The van der Waals surface area contributed by atoms with E-state index in [9.17, 15) is 0 Å². The molecule has 2 aliphatic heterocycles. The molecular weight excluding hydrogens is 382 g/mol. The molecule has 1 aromatic rings. The number of ether oxygens (including phenoxy) is 1. The van der Waals surface area contributed by atoms with Crippen LogP contribution in [0.5, 0.6) is 0 Å². The van der Waals surface area contributed by atoms with Crippen molar-refractivity contribution in [3.05, 3.63) is 35.4 Å². The van der Waals surface area contributed by atoms with Gasteiger partial charge < -0.3 is 9.64 Å². The first kappa shape index (κ1) is 23.0. The van der Waals surface area contributed by atoms with Crippen molar-refractivity contribution in [1.29, 1.82) is 0 Å².